The summed E-state index contributed by atoms with van der Waals surface area (Å²) in [5.74, 6) is 0.481. The number of anilines is 1. The number of rotatable bonds is 7. The van der Waals surface area contributed by atoms with E-state index in [1.807, 2.05) is 31.9 Å². The summed E-state index contributed by atoms with van der Waals surface area (Å²) >= 11 is 0. The standard InChI is InChI=1S/C28H32FN5O4.BrH/c1-6-36-22-13-18-14-33(26(31)23(18)24(29)25(22)37-7-2)15-20(35)17-8-9-21-19(12-17)34(10-11-38-21)27(32-16-30)28(3,4)5;/h8-9,12-13,31H,6-7,10-11,14-15H2,1-5H3;1H. The molecule has 11 heteroatoms. The second kappa shape index (κ2) is 12.0. The van der Waals surface area contributed by atoms with Gasteiger partial charge >= 0.3 is 0 Å². The monoisotopic (exact) mass is 601 g/mol. The van der Waals surface area contributed by atoms with E-state index in [2.05, 4.69) is 4.99 Å². The number of carbonyl (C=O) groups is 1. The van der Waals surface area contributed by atoms with E-state index in [1.165, 1.54) is 4.90 Å². The lowest BCUT2D eigenvalue weighted by molar-refractivity contribution is 0.0962. The predicted octanol–water partition coefficient (Wildman–Crippen LogP) is 5.35. The summed E-state index contributed by atoms with van der Waals surface area (Å²) in [5, 5.41) is 17.9. The molecule has 2 aliphatic heterocycles. The molecule has 2 aliphatic rings. The van der Waals surface area contributed by atoms with E-state index >= 15 is 4.39 Å². The van der Waals surface area contributed by atoms with Crippen molar-refractivity contribution < 1.29 is 23.4 Å². The summed E-state index contributed by atoms with van der Waals surface area (Å²) in [7, 11) is 0. The lowest BCUT2D eigenvalue weighted by Gasteiger charge is -2.36. The summed E-state index contributed by atoms with van der Waals surface area (Å²) in [4.78, 5) is 20.9. The largest absolute Gasteiger partial charge is 0.490 e. The number of benzene rings is 2. The van der Waals surface area contributed by atoms with Crippen LogP contribution in [0.5, 0.6) is 17.2 Å². The second-order valence-electron chi connectivity index (χ2n) is 10.0. The number of ether oxygens (including phenoxy) is 3. The first-order valence-corrected chi connectivity index (χ1v) is 12.6. The average molecular weight is 603 g/mol. The highest BCUT2D eigenvalue weighted by Crippen LogP contribution is 2.39. The van der Waals surface area contributed by atoms with Crippen LogP contribution in [0.4, 0.5) is 10.1 Å². The molecule has 39 heavy (non-hydrogen) atoms. The molecule has 0 fully saturated rings. The SMILES string of the molecule is Br.CCOc1cc2c(c(F)c1OCC)C(=N)N(CC(=O)c1ccc3c(c1)N(C(=NC#N)C(C)(C)C)CCO3)C2. The molecule has 0 atom stereocenters. The van der Waals surface area contributed by atoms with Crippen LogP contribution in [0.15, 0.2) is 29.3 Å². The van der Waals surface area contributed by atoms with Crippen LogP contribution < -0.4 is 19.1 Å². The number of amidine groups is 2. The van der Waals surface area contributed by atoms with Crippen molar-refractivity contribution in [2.45, 2.75) is 41.2 Å². The maximum Gasteiger partial charge on any atom is 0.207 e. The minimum Gasteiger partial charge on any atom is -0.490 e. The van der Waals surface area contributed by atoms with Crippen molar-refractivity contribution in [2.24, 2.45) is 10.4 Å². The molecule has 9 nitrogen and oxygen atoms in total. The lowest BCUT2D eigenvalue weighted by Crippen LogP contribution is -2.44. The molecule has 0 saturated carbocycles. The van der Waals surface area contributed by atoms with Crippen molar-refractivity contribution in [1.29, 1.82) is 10.7 Å². The first-order chi connectivity index (χ1) is 18.1. The third kappa shape index (κ3) is 5.86. The fourth-order valence-electron chi connectivity index (χ4n) is 4.71. The Kier molecular flexibility index (Phi) is 9.22. The smallest absolute Gasteiger partial charge is 0.207 e. The van der Waals surface area contributed by atoms with Crippen LogP contribution >= 0.6 is 17.0 Å². The number of hydrogen-bond acceptors (Lipinski definition) is 7. The van der Waals surface area contributed by atoms with E-state index in [-0.39, 0.29) is 65.4 Å². The Labute approximate surface area is 238 Å². The molecule has 0 aromatic heterocycles. The van der Waals surface area contributed by atoms with Gasteiger partial charge in [-0.05, 0) is 43.7 Å². The first-order valence-electron chi connectivity index (χ1n) is 12.6. The number of aliphatic imine (C=N–C) groups is 1. The molecular weight excluding hydrogens is 569 g/mol. The summed E-state index contributed by atoms with van der Waals surface area (Å²) < 4.78 is 32.2. The lowest BCUT2D eigenvalue weighted by atomic mass is 9.93. The van der Waals surface area contributed by atoms with Gasteiger partial charge in [0.25, 0.3) is 0 Å². The molecular formula is C28H33BrFN5O4. The maximum absolute atomic E-state index is 15.4. The van der Waals surface area contributed by atoms with Gasteiger partial charge in [-0.2, -0.15) is 10.3 Å². The van der Waals surface area contributed by atoms with E-state index in [1.54, 1.807) is 38.1 Å². The van der Waals surface area contributed by atoms with Crippen molar-refractivity contribution >= 4 is 40.1 Å². The Bertz CT molecular complexity index is 1350. The fraction of sp³-hybridized carbons (Fsp3) is 0.429. The highest BCUT2D eigenvalue weighted by Gasteiger charge is 2.34. The molecule has 1 N–H and O–H groups in total. The number of nitriles is 1. The van der Waals surface area contributed by atoms with E-state index < -0.39 is 11.2 Å². The highest BCUT2D eigenvalue weighted by molar-refractivity contribution is 8.93. The van der Waals surface area contributed by atoms with Crippen molar-refractivity contribution in [2.75, 3.05) is 37.8 Å². The van der Waals surface area contributed by atoms with Crippen LogP contribution in [0.25, 0.3) is 0 Å². The number of hydrogen-bond donors (Lipinski definition) is 1. The Hall–Kier alpha value is -3.65. The number of nitrogens with zero attached hydrogens (tertiary/aromatic N) is 4. The number of Topliss-reactive ketones (excluding diaryl/α,β-unsaturated/α-hetero) is 1. The topological polar surface area (TPSA) is 111 Å². The van der Waals surface area contributed by atoms with Gasteiger partial charge in [0.15, 0.2) is 23.1 Å². The van der Waals surface area contributed by atoms with Gasteiger partial charge in [-0.25, -0.2) is 4.39 Å². The van der Waals surface area contributed by atoms with Gasteiger partial charge in [0, 0.05) is 17.5 Å². The molecule has 0 spiro atoms. The predicted molar refractivity (Wildman–Crippen MR) is 152 cm³/mol. The van der Waals surface area contributed by atoms with Crippen molar-refractivity contribution in [3.63, 3.8) is 0 Å². The Morgan fingerprint density at radius 1 is 1.23 bits per heavy atom. The van der Waals surface area contributed by atoms with Gasteiger partial charge < -0.3 is 24.0 Å². The van der Waals surface area contributed by atoms with Crippen LogP contribution in [0.3, 0.4) is 0 Å². The Morgan fingerprint density at radius 3 is 2.59 bits per heavy atom. The quantitative estimate of drug-likeness (QED) is 0.197. The summed E-state index contributed by atoms with van der Waals surface area (Å²) in [6.07, 6.45) is 1.89. The average Bonchev–Trinajstić information content (AvgIpc) is 3.18. The van der Waals surface area contributed by atoms with Crippen LogP contribution in [0.2, 0.25) is 0 Å². The molecule has 2 aromatic rings. The Morgan fingerprint density at radius 2 is 1.95 bits per heavy atom. The molecule has 0 aliphatic carbocycles. The third-order valence-corrected chi connectivity index (χ3v) is 6.33. The normalized spacial score (nSPS) is 14.6. The number of nitrogens with one attached hydrogen (secondary N) is 1. The minimum atomic E-state index is -0.652. The van der Waals surface area contributed by atoms with Crippen LogP contribution in [0, 0.1) is 28.1 Å². The molecule has 4 rings (SSSR count). The zero-order valence-electron chi connectivity index (χ0n) is 22.8. The van der Waals surface area contributed by atoms with Crippen LogP contribution in [-0.2, 0) is 6.54 Å². The van der Waals surface area contributed by atoms with E-state index in [9.17, 15) is 10.1 Å². The van der Waals surface area contributed by atoms with Crippen LogP contribution in [0.1, 0.15) is 56.1 Å². The molecule has 0 amide bonds. The number of fused-ring (bicyclic) bond motifs is 2. The van der Waals surface area contributed by atoms with Gasteiger partial charge in [0.05, 0.1) is 37.6 Å². The summed E-state index contributed by atoms with van der Waals surface area (Å²) in [5.41, 5.74) is 1.35. The minimum absolute atomic E-state index is 0. The zero-order chi connectivity index (χ0) is 27.6. The van der Waals surface area contributed by atoms with Crippen molar-refractivity contribution in [3.05, 3.63) is 46.8 Å². The maximum atomic E-state index is 15.4. The van der Waals surface area contributed by atoms with Gasteiger partial charge in [-0.15, -0.1) is 17.0 Å². The molecule has 208 valence electrons. The van der Waals surface area contributed by atoms with Gasteiger partial charge in [-0.3, -0.25) is 10.2 Å². The number of halogens is 2. The molecule has 0 saturated heterocycles. The van der Waals surface area contributed by atoms with Gasteiger partial charge in [0.1, 0.15) is 24.0 Å². The van der Waals surface area contributed by atoms with Gasteiger partial charge in [-0.1, -0.05) is 20.8 Å². The zero-order valence-corrected chi connectivity index (χ0v) is 24.5. The van der Waals surface area contributed by atoms with Crippen LogP contribution in [-0.4, -0.2) is 55.3 Å². The van der Waals surface area contributed by atoms with Gasteiger partial charge in [0.2, 0.25) is 6.19 Å². The molecule has 2 heterocycles. The number of ketones is 1. The fourth-order valence-corrected chi connectivity index (χ4v) is 4.71. The van der Waals surface area contributed by atoms with E-state index in [4.69, 9.17) is 19.6 Å². The molecule has 2 aromatic carbocycles. The third-order valence-electron chi connectivity index (χ3n) is 6.33. The molecule has 0 unspecified atom stereocenters. The first kappa shape index (κ1) is 29.9. The summed E-state index contributed by atoms with van der Waals surface area (Å²) in [6.45, 7) is 11.0. The van der Waals surface area contributed by atoms with Crippen molar-refractivity contribution in [1.82, 2.24) is 4.90 Å². The number of carbonyl (C=O) groups excluding carboxylic acids is 1. The van der Waals surface area contributed by atoms with E-state index in [0.29, 0.717) is 48.2 Å². The van der Waals surface area contributed by atoms with E-state index in [0.717, 1.165) is 0 Å². The Balaban J connectivity index is 0.00000420. The second-order valence-corrected chi connectivity index (χ2v) is 10.0. The highest BCUT2D eigenvalue weighted by atomic mass is 79.9. The summed E-state index contributed by atoms with van der Waals surface area (Å²) in [6, 6.07) is 6.82. The molecule has 0 bridgehead atoms. The van der Waals surface area contributed by atoms with Crippen molar-refractivity contribution in [3.8, 4) is 23.4 Å². The molecule has 0 radical (unpaired) electrons.